The molecule has 1 aliphatic rings. The number of piperidine rings is 1. The highest BCUT2D eigenvalue weighted by Gasteiger charge is 2.21. The standard InChI is InChI=1S/C15H20N6/c1-11-9-14(19-12(2)18-11)20-13-5-3-8-21(10-13)15-16-6-4-7-17-15/h4,6-7,9,13H,3,5,8,10H2,1-2H3,(H,18,19,20)/t13-/m1/s1. The first-order chi connectivity index (χ1) is 10.2. The van der Waals surface area contributed by atoms with Gasteiger partial charge >= 0.3 is 0 Å². The average molecular weight is 284 g/mol. The minimum atomic E-state index is 0.358. The molecule has 0 amide bonds. The summed E-state index contributed by atoms with van der Waals surface area (Å²) in [6, 6.07) is 4.19. The van der Waals surface area contributed by atoms with Gasteiger partial charge in [0, 0.05) is 43.3 Å². The van der Waals surface area contributed by atoms with E-state index >= 15 is 0 Å². The molecule has 1 fully saturated rings. The highest BCUT2D eigenvalue weighted by atomic mass is 15.3. The van der Waals surface area contributed by atoms with Gasteiger partial charge in [0.05, 0.1) is 0 Å². The lowest BCUT2D eigenvalue weighted by Crippen LogP contribution is -2.43. The van der Waals surface area contributed by atoms with Crippen molar-refractivity contribution in [3.63, 3.8) is 0 Å². The summed E-state index contributed by atoms with van der Waals surface area (Å²) in [7, 11) is 0. The largest absolute Gasteiger partial charge is 0.365 e. The summed E-state index contributed by atoms with van der Waals surface area (Å²) in [5, 5.41) is 3.51. The van der Waals surface area contributed by atoms with Crippen molar-refractivity contribution in [3.8, 4) is 0 Å². The van der Waals surface area contributed by atoms with Crippen molar-refractivity contribution in [2.75, 3.05) is 23.3 Å². The van der Waals surface area contributed by atoms with Crippen LogP contribution in [0, 0.1) is 13.8 Å². The molecular formula is C15H20N6. The Balaban J connectivity index is 1.69. The Bertz CT molecular complexity index is 580. The highest BCUT2D eigenvalue weighted by Crippen LogP contribution is 2.18. The number of nitrogens with one attached hydrogen (secondary N) is 1. The fourth-order valence-electron chi connectivity index (χ4n) is 2.73. The molecule has 6 nitrogen and oxygen atoms in total. The minimum absolute atomic E-state index is 0.358. The van der Waals surface area contributed by atoms with E-state index in [1.807, 2.05) is 26.0 Å². The van der Waals surface area contributed by atoms with Crippen molar-refractivity contribution >= 4 is 11.8 Å². The Hall–Kier alpha value is -2.24. The summed E-state index contributed by atoms with van der Waals surface area (Å²) in [6.07, 6.45) is 5.83. The third-order valence-corrected chi connectivity index (χ3v) is 3.57. The van der Waals surface area contributed by atoms with E-state index < -0.39 is 0 Å². The zero-order valence-corrected chi connectivity index (χ0v) is 12.5. The van der Waals surface area contributed by atoms with Crippen LogP contribution in [-0.2, 0) is 0 Å². The molecule has 0 aliphatic carbocycles. The van der Waals surface area contributed by atoms with Gasteiger partial charge in [-0.2, -0.15) is 0 Å². The van der Waals surface area contributed by atoms with Crippen LogP contribution >= 0.6 is 0 Å². The third kappa shape index (κ3) is 3.45. The molecule has 0 unspecified atom stereocenters. The lowest BCUT2D eigenvalue weighted by molar-refractivity contribution is 0.521. The molecule has 3 heterocycles. The molecule has 0 spiro atoms. The minimum Gasteiger partial charge on any atom is -0.365 e. The van der Waals surface area contributed by atoms with Gasteiger partial charge in [-0.1, -0.05) is 0 Å². The molecule has 0 saturated carbocycles. The normalized spacial score (nSPS) is 18.6. The summed E-state index contributed by atoms with van der Waals surface area (Å²) >= 11 is 0. The summed E-state index contributed by atoms with van der Waals surface area (Å²) < 4.78 is 0. The van der Waals surface area contributed by atoms with Crippen LogP contribution in [0.4, 0.5) is 11.8 Å². The molecule has 1 saturated heterocycles. The topological polar surface area (TPSA) is 66.8 Å². The second-order valence-electron chi connectivity index (χ2n) is 5.42. The Morgan fingerprint density at radius 2 is 2.00 bits per heavy atom. The zero-order chi connectivity index (χ0) is 14.7. The van der Waals surface area contributed by atoms with Crippen LogP contribution in [0.25, 0.3) is 0 Å². The predicted molar refractivity (Wildman–Crippen MR) is 82.4 cm³/mol. The van der Waals surface area contributed by atoms with Gasteiger partial charge in [-0.3, -0.25) is 0 Å². The van der Waals surface area contributed by atoms with E-state index in [4.69, 9.17) is 0 Å². The van der Waals surface area contributed by atoms with Crippen molar-refractivity contribution in [1.82, 2.24) is 19.9 Å². The van der Waals surface area contributed by atoms with E-state index in [9.17, 15) is 0 Å². The summed E-state index contributed by atoms with van der Waals surface area (Å²) in [5.41, 5.74) is 0.990. The molecule has 2 aromatic rings. The maximum atomic E-state index is 4.45. The average Bonchev–Trinajstić information content (AvgIpc) is 2.47. The number of hydrogen-bond donors (Lipinski definition) is 1. The second kappa shape index (κ2) is 6.03. The molecule has 6 heteroatoms. The van der Waals surface area contributed by atoms with E-state index in [2.05, 4.69) is 30.2 Å². The molecule has 0 radical (unpaired) electrons. The third-order valence-electron chi connectivity index (χ3n) is 3.57. The summed E-state index contributed by atoms with van der Waals surface area (Å²) in [4.78, 5) is 19.7. The fraction of sp³-hybridized carbons (Fsp3) is 0.467. The number of aryl methyl sites for hydroxylation is 2. The molecule has 0 aromatic carbocycles. The summed E-state index contributed by atoms with van der Waals surface area (Å²) in [6.45, 7) is 5.81. The van der Waals surface area contributed by atoms with Gasteiger partial charge in [-0.15, -0.1) is 0 Å². The number of hydrogen-bond acceptors (Lipinski definition) is 6. The Kier molecular flexibility index (Phi) is 3.94. The van der Waals surface area contributed by atoms with Crippen LogP contribution in [0.5, 0.6) is 0 Å². The first-order valence-corrected chi connectivity index (χ1v) is 7.31. The van der Waals surface area contributed by atoms with E-state index in [0.717, 1.165) is 49.2 Å². The molecule has 0 bridgehead atoms. The van der Waals surface area contributed by atoms with E-state index in [-0.39, 0.29) is 0 Å². The molecule has 1 N–H and O–H groups in total. The van der Waals surface area contributed by atoms with Gasteiger partial charge in [-0.05, 0) is 32.8 Å². The van der Waals surface area contributed by atoms with E-state index in [1.54, 1.807) is 12.4 Å². The SMILES string of the molecule is Cc1cc(N[C@@H]2CCCN(c3ncccn3)C2)nc(C)n1. The highest BCUT2D eigenvalue weighted by molar-refractivity contribution is 5.39. The molecule has 2 aromatic heterocycles. The van der Waals surface area contributed by atoms with Gasteiger partial charge in [-0.25, -0.2) is 19.9 Å². The van der Waals surface area contributed by atoms with Crippen molar-refractivity contribution in [2.45, 2.75) is 32.7 Å². The van der Waals surface area contributed by atoms with Crippen LogP contribution in [0.15, 0.2) is 24.5 Å². The fourth-order valence-corrected chi connectivity index (χ4v) is 2.73. The summed E-state index contributed by atoms with van der Waals surface area (Å²) in [5.74, 6) is 2.51. The van der Waals surface area contributed by atoms with Gasteiger partial charge in [0.1, 0.15) is 11.6 Å². The number of rotatable bonds is 3. The smallest absolute Gasteiger partial charge is 0.225 e. The molecule has 3 rings (SSSR count). The first kappa shape index (κ1) is 13.7. The number of nitrogens with zero attached hydrogens (tertiary/aromatic N) is 5. The molecule has 21 heavy (non-hydrogen) atoms. The van der Waals surface area contributed by atoms with E-state index in [1.165, 1.54) is 0 Å². The van der Waals surface area contributed by atoms with Crippen molar-refractivity contribution < 1.29 is 0 Å². The van der Waals surface area contributed by atoms with Crippen LogP contribution < -0.4 is 10.2 Å². The van der Waals surface area contributed by atoms with Gasteiger partial charge in [0.15, 0.2) is 0 Å². The van der Waals surface area contributed by atoms with Gasteiger partial charge in [0.2, 0.25) is 5.95 Å². The maximum absolute atomic E-state index is 4.45. The van der Waals surface area contributed by atoms with Crippen molar-refractivity contribution in [2.24, 2.45) is 0 Å². The molecular weight excluding hydrogens is 264 g/mol. The second-order valence-corrected chi connectivity index (χ2v) is 5.42. The Morgan fingerprint density at radius 1 is 1.19 bits per heavy atom. The monoisotopic (exact) mass is 284 g/mol. The predicted octanol–water partition coefficient (Wildman–Crippen LogP) is 1.96. The lowest BCUT2D eigenvalue weighted by Gasteiger charge is -2.33. The van der Waals surface area contributed by atoms with Crippen LogP contribution in [0.1, 0.15) is 24.4 Å². The number of anilines is 2. The van der Waals surface area contributed by atoms with Crippen molar-refractivity contribution in [1.29, 1.82) is 0 Å². The van der Waals surface area contributed by atoms with Crippen LogP contribution in [0.3, 0.4) is 0 Å². The molecule has 1 atom stereocenters. The van der Waals surface area contributed by atoms with E-state index in [0.29, 0.717) is 6.04 Å². The first-order valence-electron chi connectivity index (χ1n) is 7.31. The quantitative estimate of drug-likeness (QED) is 0.929. The van der Waals surface area contributed by atoms with Gasteiger partial charge in [0.25, 0.3) is 0 Å². The Labute approximate surface area is 124 Å². The zero-order valence-electron chi connectivity index (χ0n) is 12.5. The van der Waals surface area contributed by atoms with Crippen molar-refractivity contribution in [3.05, 3.63) is 36.0 Å². The Morgan fingerprint density at radius 3 is 2.76 bits per heavy atom. The lowest BCUT2D eigenvalue weighted by atomic mass is 10.1. The maximum Gasteiger partial charge on any atom is 0.225 e. The van der Waals surface area contributed by atoms with Crippen LogP contribution in [0.2, 0.25) is 0 Å². The molecule has 1 aliphatic heterocycles. The molecule has 110 valence electrons. The number of aromatic nitrogens is 4. The van der Waals surface area contributed by atoms with Crippen LogP contribution in [-0.4, -0.2) is 39.1 Å². The van der Waals surface area contributed by atoms with Gasteiger partial charge < -0.3 is 10.2 Å².